The number of nitro groups is 1. The number of sulfonamides is 1. The molecule has 2 aromatic rings. The van der Waals surface area contributed by atoms with E-state index in [1.165, 1.54) is 6.07 Å². The first-order valence-electron chi connectivity index (χ1n) is 8.01. The van der Waals surface area contributed by atoms with Gasteiger partial charge in [-0.25, -0.2) is 18.5 Å². The van der Waals surface area contributed by atoms with Crippen LogP contribution in [0.2, 0.25) is 0 Å². The van der Waals surface area contributed by atoms with Crippen LogP contribution in [-0.4, -0.2) is 54.0 Å². The average molecular weight is 380 g/mol. The Morgan fingerprint density at radius 2 is 1.96 bits per heavy atom. The number of piperazine rings is 1. The molecule has 3 rings (SSSR count). The number of anilines is 1. The van der Waals surface area contributed by atoms with E-state index >= 15 is 0 Å². The molecule has 140 valence electrons. The minimum absolute atomic E-state index is 0.276. The van der Waals surface area contributed by atoms with Crippen molar-refractivity contribution >= 4 is 21.4 Å². The predicted octanol–water partition coefficient (Wildman–Crippen LogP) is 0.298. The summed E-state index contributed by atoms with van der Waals surface area (Å²) >= 11 is 0. The molecule has 0 spiro atoms. The van der Waals surface area contributed by atoms with Gasteiger partial charge in [0.1, 0.15) is 11.5 Å². The molecule has 0 saturated carbocycles. The summed E-state index contributed by atoms with van der Waals surface area (Å²) in [4.78, 5) is 18.7. The lowest BCUT2D eigenvalue weighted by molar-refractivity contribution is -0.387. The zero-order valence-electron chi connectivity index (χ0n) is 14.3. The van der Waals surface area contributed by atoms with Crippen LogP contribution in [0.4, 0.5) is 11.4 Å². The van der Waals surface area contributed by atoms with Gasteiger partial charge in [0, 0.05) is 45.6 Å². The maximum Gasteiger partial charge on any atom is 0.312 e. The number of nitrogens with two attached hydrogens (primary N) is 1. The van der Waals surface area contributed by atoms with Crippen LogP contribution in [0.25, 0.3) is 0 Å². The molecule has 2 N–H and O–H groups in total. The number of nitrogens with zero attached hydrogens (tertiary/aromatic N) is 5. The van der Waals surface area contributed by atoms with Crippen LogP contribution in [0.3, 0.4) is 0 Å². The second kappa shape index (κ2) is 7.02. The summed E-state index contributed by atoms with van der Waals surface area (Å²) in [7, 11) is -2.25. The van der Waals surface area contributed by atoms with Gasteiger partial charge in [0.05, 0.1) is 11.5 Å². The van der Waals surface area contributed by atoms with Crippen molar-refractivity contribution in [2.45, 2.75) is 11.4 Å². The number of rotatable bonds is 5. The fourth-order valence-electron chi connectivity index (χ4n) is 3.07. The van der Waals surface area contributed by atoms with Crippen molar-refractivity contribution in [3.8, 4) is 0 Å². The number of aryl methyl sites for hydroxylation is 1. The van der Waals surface area contributed by atoms with Crippen LogP contribution >= 0.6 is 0 Å². The normalized spacial score (nSPS) is 16.0. The van der Waals surface area contributed by atoms with Crippen LogP contribution in [0.1, 0.15) is 5.82 Å². The molecule has 11 heteroatoms. The van der Waals surface area contributed by atoms with Gasteiger partial charge in [0.25, 0.3) is 0 Å². The summed E-state index contributed by atoms with van der Waals surface area (Å²) in [6, 6.07) is 4.19. The molecule has 0 amide bonds. The Balaban J connectivity index is 1.79. The third-order valence-corrected chi connectivity index (χ3v) is 5.41. The van der Waals surface area contributed by atoms with Crippen molar-refractivity contribution < 1.29 is 13.3 Å². The molecule has 10 nitrogen and oxygen atoms in total. The largest absolute Gasteiger partial charge is 0.363 e. The Morgan fingerprint density at radius 3 is 2.50 bits per heavy atom. The van der Waals surface area contributed by atoms with Gasteiger partial charge >= 0.3 is 5.69 Å². The molecule has 0 unspecified atom stereocenters. The fourth-order valence-corrected chi connectivity index (χ4v) is 3.79. The molecule has 1 aromatic carbocycles. The number of hydrogen-bond donors (Lipinski definition) is 1. The number of nitro benzene ring substituents is 1. The summed E-state index contributed by atoms with van der Waals surface area (Å²) in [5.74, 6) is 0.945. The lowest BCUT2D eigenvalue weighted by atomic mass is 10.2. The van der Waals surface area contributed by atoms with E-state index in [9.17, 15) is 18.5 Å². The van der Waals surface area contributed by atoms with Gasteiger partial charge in [0.15, 0.2) is 4.90 Å². The van der Waals surface area contributed by atoms with E-state index in [0.29, 0.717) is 32.7 Å². The van der Waals surface area contributed by atoms with Gasteiger partial charge in [-0.1, -0.05) is 6.07 Å². The van der Waals surface area contributed by atoms with Gasteiger partial charge < -0.3 is 9.47 Å². The van der Waals surface area contributed by atoms with Crippen molar-refractivity contribution in [2.75, 3.05) is 31.1 Å². The third kappa shape index (κ3) is 3.69. The molecule has 0 bridgehead atoms. The molecular formula is C15H20N6O4S. The van der Waals surface area contributed by atoms with Gasteiger partial charge in [-0.3, -0.25) is 15.0 Å². The van der Waals surface area contributed by atoms with E-state index in [0.717, 1.165) is 11.9 Å². The first-order valence-corrected chi connectivity index (χ1v) is 9.55. The minimum atomic E-state index is -4.18. The Morgan fingerprint density at radius 1 is 1.27 bits per heavy atom. The van der Waals surface area contributed by atoms with Gasteiger partial charge in [-0.15, -0.1) is 0 Å². The molecule has 0 radical (unpaired) electrons. The van der Waals surface area contributed by atoms with Crippen molar-refractivity contribution in [1.82, 2.24) is 14.5 Å². The molecule has 0 atom stereocenters. The van der Waals surface area contributed by atoms with E-state index in [1.54, 1.807) is 12.3 Å². The van der Waals surface area contributed by atoms with Crippen molar-refractivity contribution in [3.63, 3.8) is 0 Å². The van der Waals surface area contributed by atoms with Crippen LogP contribution in [-0.2, 0) is 23.6 Å². The van der Waals surface area contributed by atoms with Gasteiger partial charge in [-0.05, 0) is 12.1 Å². The molecule has 1 aliphatic heterocycles. The number of imidazole rings is 1. The van der Waals surface area contributed by atoms with Crippen LogP contribution in [0.15, 0.2) is 35.5 Å². The Hall–Kier alpha value is -2.50. The molecule has 1 aromatic heterocycles. The SMILES string of the molecule is Cn1ccnc1CN1CCN(c2cccc(S(N)(=O)=O)c2[N+](=O)[O-])CC1. The number of benzene rings is 1. The summed E-state index contributed by atoms with van der Waals surface area (Å²) in [5, 5.41) is 16.6. The summed E-state index contributed by atoms with van der Waals surface area (Å²) < 4.78 is 25.3. The summed E-state index contributed by atoms with van der Waals surface area (Å²) in [5.41, 5.74) is -0.189. The molecular weight excluding hydrogens is 360 g/mol. The predicted molar refractivity (Wildman–Crippen MR) is 95.2 cm³/mol. The van der Waals surface area contributed by atoms with Crippen LogP contribution in [0.5, 0.6) is 0 Å². The van der Waals surface area contributed by atoms with E-state index in [4.69, 9.17) is 5.14 Å². The maximum absolute atomic E-state index is 11.7. The molecule has 1 aliphatic rings. The van der Waals surface area contributed by atoms with E-state index in [2.05, 4.69) is 9.88 Å². The van der Waals surface area contributed by atoms with E-state index in [-0.39, 0.29) is 5.69 Å². The molecule has 1 saturated heterocycles. The van der Waals surface area contributed by atoms with Crippen molar-refractivity contribution in [2.24, 2.45) is 12.2 Å². The molecule has 1 fully saturated rings. The third-order valence-electron chi connectivity index (χ3n) is 4.47. The summed E-state index contributed by atoms with van der Waals surface area (Å²) in [6.07, 6.45) is 3.63. The Kier molecular flexibility index (Phi) is 4.94. The second-order valence-electron chi connectivity index (χ2n) is 6.14. The maximum atomic E-state index is 11.7. The molecule has 26 heavy (non-hydrogen) atoms. The minimum Gasteiger partial charge on any atom is -0.363 e. The number of aromatic nitrogens is 2. The fraction of sp³-hybridized carbons (Fsp3) is 0.400. The van der Waals surface area contributed by atoms with Crippen molar-refractivity contribution in [1.29, 1.82) is 0 Å². The second-order valence-corrected chi connectivity index (χ2v) is 7.67. The Labute approximate surface area is 151 Å². The number of hydrogen-bond acceptors (Lipinski definition) is 7. The highest BCUT2D eigenvalue weighted by molar-refractivity contribution is 7.89. The van der Waals surface area contributed by atoms with Crippen LogP contribution in [0, 0.1) is 10.1 Å². The zero-order valence-corrected chi connectivity index (χ0v) is 15.1. The highest BCUT2D eigenvalue weighted by Crippen LogP contribution is 2.34. The Bertz CT molecular complexity index is 918. The van der Waals surface area contributed by atoms with Gasteiger partial charge in [0.2, 0.25) is 10.0 Å². The summed E-state index contributed by atoms with van der Waals surface area (Å²) in [6.45, 7) is 3.14. The lowest BCUT2D eigenvalue weighted by Crippen LogP contribution is -2.46. The van der Waals surface area contributed by atoms with Gasteiger partial charge in [-0.2, -0.15) is 0 Å². The molecule has 0 aliphatic carbocycles. The topological polar surface area (TPSA) is 128 Å². The standard InChI is InChI=1S/C15H20N6O4S/c1-18-6-5-17-14(18)11-19-7-9-20(10-8-19)12-3-2-4-13(26(16,24)25)15(12)21(22)23/h2-6H,7-11H2,1H3,(H2,16,24,25). The first-order chi connectivity index (χ1) is 12.3. The number of para-hydroxylation sites is 1. The number of primary sulfonamides is 1. The lowest BCUT2D eigenvalue weighted by Gasteiger charge is -2.35. The van der Waals surface area contributed by atoms with Crippen molar-refractivity contribution in [3.05, 3.63) is 46.5 Å². The molecule has 2 heterocycles. The average Bonchev–Trinajstić information content (AvgIpc) is 2.99. The quantitative estimate of drug-likeness (QED) is 0.583. The smallest absolute Gasteiger partial charge is 0.312 e. The van der Waals surface area contributed by atoms with Crippen LogP contribution < -0.4 is 10.0 Å². The monoisotopic (exact) mass is 380 g/mol. The van der Waals surface area contributed by atoms with E-state index < -0.39 is 25.5 Å². The highest BCUT2D eigenvalue weighted by Gasteiger charge is 2.30. The first kappa shape index (κ1) is 18.3. The van der Waals surface area contributed by atoms with E-state index in [1.807, 2.05) is 22.7 Å². The highest BCUT2D eigenvalue weighted by atomic mass is 32.2. The zero-order chi connectivity index (χ0) is 18.9.